The van der Waals surface area contributed by atoms with Gasteiger partial charge >= 0.3 is 5.97 Å². The van der Waals surface area contributed by atoms with Crippen molar-refractivity contribution in [3.63, 3.8) is 0 Å². The summed E-state index contributed by atoms with van der Waals surface area (Å²) >= 11 is 0. The highest BCUT2D eigenvalue weighted by molar-refractivity contribution is 5.76. The second-order valence-electron chi connectivity index (χ2n) is 8.36. The van der Waals surface area contributed by atoms with Gasteiger partial charge in [0.2, 0.25) is 0 Å². The Kier molecular flexibility index (Phi) is 4.56. The van der Waals surface area contributed by atoms with E-state index in [2.05, 4.69) is 52.2 Å². The second-order valence-corrected chi connectivity index (χ2v) is 8.36. The molecule has 6 heteroatoms. The molecule has 2 aromatic rings. The van der Waals surface area contributed by atoms with Gasteiger partial charge in [0.25, 0.3) is 0 Å². The quantitative estimate of drug-likeness (QED) is 0.897. The van der Waals surface area contributed by atoms with Gasteiger partial charge in [-0.1, -0.05) is 12.1 Å². The van der Waals surface area contributed by atoms with Crippen molar-refractivity contribution >= 4 is 5.97 Å². The maximum absolute atomic E-state index is 12.1. The molecule has 2 fully saturated rings. The molecular formula is C21H28N4O2. The number of rotatable bonds is 4. The Bertz CT molecular complexity index is 862. The van der Waals surface area contributed by atoms with Crippen LogP contribution < -0.4 is 0 Å². The van der Waals surface area contributed by atoms with Gasteiger partial charge in [0.15, 0.2) is 0 Å². The summed E-state index contributed by atoms with van der Waals surface area (Å²) in [5.41, 5.74) is 3.76. The van der Waals surface area contributed by atoms with Crippen molar-refractivity contribution in [3.05, 3.63) is 47.3 Å². The molecule has 2 saturated heterocycles. The normalized spacial score (nSPS) is 26.3. The zero-order chi connectivity index (χ0) is 19.2. The number of likely N-dealkylation sites (tertiary alicyclic amines) is 2. The number of aryl methyl sites for hydroxylation is 2. The molecule has 1 aromatic carbocycles. The van der Waals surface area contributed by atoms with Crippen LogP contribution >= 0.6 is 0 Å². The lowest BCUT2D eigenvalue weighted by Crippen LogP contribution is -2.52. The first-order valence-corrected chi connectivity index (χ1v) is 9.64. The summed E-state index contributed by atoms with van der Waals surface area (Å²) in [6, 6.07) is 10.5. The summed E-state index contributed by atoms with van der Waals surface area (Å²) in [7, 11) is 2.03. The molecule has 1 N–H and O–H groups in total. The maximum atomic E-state index is 12.1. The van der Waals surface area contributed by atoms with E-state index >= 15 is 0 Å². The molecule has 0 radical (unpaired) electrons. The van der Waals surface area contributed by atoms with Crippen molar-refractivity contribution in [1.29, 1.82) is 0 Å². The Morgan fingerprint density at radius 3 is 2.81 bits per heavy atom. The third-order valence-corrected chi connectivity index (χ3v) is 6.17. The first kappa shape index (κ1) is 18.2. The summed E-state index contributed by atoms with van der Waals surface area (Å²) in [4.78, 5) is 16.6. The molecule has 27 heavy (non-hydrogen) atoms. The molecule has 2 atom stereocenters. The number of hydrogen-bond acceptors (Lipinski definition) is 4. The summed E-state index contributed by atoms with van der Waals surface area (Å²) in [5, 5.41) is 14.5. The van der Waals surface area contributed by atoms with Crippen LogP contribution in [0.3, 0.4) is 0 Å². The van der Waals surface area contributed by atoms with E-state index in [0.29, 0.717) is 13.1 Å². The van der Waals surface area contributed by atoms with E-state index in [9.17, 15) is 9.90 Å². The van der Waals surface area contributed by atoms with Gasteiger partial charge < -0.3 is 10.0 Å². The lowest BCUT2D eigenvalue weighted by atomic mass is 9.73. The number of aliphatic carboxylic acids is 1. The second kappa shape index (κ2) is 6.77. The largest absolute Gasteiger partial charge is 0.481 e. The van der Waals surface area contributed by atoms with Crippen LogP contribution in [0.25, 0.3) is 5.69 Å². The number of piperidine rings is 1. The van der Waals surface area contributed by atoms with Crippen LogP contribution in [0.15, 0.2) is 30.3 Å². The molecular weight excluding hydrogens is 340 g/mol. The predicted molar refractivity (Wildman–Crippen MR) is 104 cm³/mol. The minimum absolute atomic E-state index is 0.241. The highest BCUT2D eigenvalue weighted by atomic mass is 16.4. The standard InChI is InChI=1S/C21H28N4O2/c1-15-9-16(2)25(22-15)19-6-4-5-17(10-19)11-24-12-18-7-8-23(3)13-21(18,14-24)20(26)27/h4-6,9-10,18H,7-8,11-14H2,1-3H3,(H,26,27)/t18-,21-/m0/s1. The molecule has 0 aliphatic carbocycles. The van der Waals surface area contributed by atoms with Gasteiger partial charge in [-0.2, -0.15) is 5.10 Å². The third kappa shape index (κ3) is 3.28. The summed E-state index contributed by atoms with van der Waals surface area (Å²) in [6.45, 7) is 7.97. The zero-order valence-corrected chi connectivity index (χ0v) is 16.4. The molecule has 0 spiro atoms. The van der Waals surface area contributed by atoms with Crippen molar-refractivity contribution in [2.45, 2.75) is 26.8 Å². The van der Waals surface area contributed by atoms with Gasteiger partial charge in [-0.05, 0) is 63.5 Å². The smallest absolute Gasteiger partial charge is 0.312 e. The van der Waals surface area contributed by atoms with Crippen molar-refractivity contribution in [3.8, 4) is 5.69 Å². The van der Waals surface area contributed by atoms with Crippen molar-refractivity contribution in [2.75, 3.05) is 33.2 Å². The third-order valence-electron chi connectivity index (χ3n) is 6.17. The first-order chi connectivity index (χ1) is 12.9. The molecule has 0 bridgehead atoms. The first-order valence-electron chi connectivity index (χ1n) is 9.64. The summed E-state index contributed by atoms with van der Waals surface area (Å²) in [6.07, 6.45) is 0.963. The van der Waals surface area contributed by atoms with Crippen LogP contribution in [0.1, 0.15) is 23.4 Å². The number of aromatic nitrogens is 2. The summed E-state index contributed by atoms with van der Waals surface area (Å²) < 4.78 is 1.97. The van der Waals surface area contributed by atoms with Crippen molar-refractivity contribution < 1.29 is 9.90 Å². The van der Waals surface area contributed by atoms with Gasteiger partial charge in [0, 0.05) is 31.9 Å². The van der Waals surface area contributed by atoms with E-state index < -0.39 is 11.4 Å². The highest BCUT2D eigenvalue weighted by Crippen LogP contribution is 2.42. The summed E-state index contributed by atoms with van der Waals surface area (Å²) in [5.74, 6) is -0.400. The van der Waals surface area contributed by atoms with Crippen LogP contribution in [-0.4, -0.2) is 63.9 Å². The van der Waals surface area contributed by atoms with Gasteiger partial charge in [-0.15, -0.1) is 0 Å². The number of fused-ring (bicyclic) bond motifs is 1. The number of benzene rings is 1. The molecule has 1 aromatic heterocycles. The van der Waals surface area contributed by atoms with Crippen LogP contribution in [0.5, 0.6) is 0 Å². The maximum Gasteiger partial charge on any atom is 0.312 e. The Balaban J connectivity index is 1.54. The molecule has 3 heterocycles. The zero-order valence-electron chi connectivity index (χ0n) is 16.4. The van der Waals surface area contributed by atoms with Gasteiger partial charge in [0.1, 0.15) is 0 Å². The van der Waals surface area contributed by atoms with E-state index in [1.165, 1.54) is 5.56 Å². The Labute approximate surface area is 160 Å². The molecule has 0 unspecified atom stereocenters. The Morgan fingerprint density at radius 1 is 1.30 bits per heavy atom. The van der Waals surface area contributed by atoms with E-state index in [1.54, 1.807) is 0 Å². The van der Waals surface area contributed by atoms with Gasteiger partial charge in [-0.25, -0.2) is 4.68 Å². The molecule has 0 saturated carbocycles. The van der Waals surface area contributed by atoms with Crippen LogP contribution in [0, 0.1) is 25.2 Å². The monoisotopic (exact) mass is 368 g/mol. The van der Waals surface area contributed by atoms with E-state index in [1.807, 2.05) is 18.7 Å². The molecule has 0 amide bonds. The Hall–Kier alpha value is -2.18. The average molecular weight is 368 g/mol. The van der Waals surface area contributed by atoms with Crippen molar-refractivity contribution in [2.24, 2.45) is 11.3 Å². The lowest BCUT2D eigenvalue weighted by molar-refractivity contribution is -0.153. The number of carbonyl (C=O) groups is 1. The van der Waals surface area contributed by atoms with Crippen LogP contribution in [-0.2, 0) is 11.3 Å². The number of nitrogens with zero attached hydrogens (tertiary/aromatic N) is 4. The van der Waals surface area contributed by atoms with E-state index in [-0.39, 0.29) is 5.92 Å². The molecule has 144 valence electrons. The average Bonchev–Trinajstić information content (AvgIpc) is 3.14. The number of carboxylic acid groups (broad SMARTS) is 1. The topological polar surface area (TPSA) is 61.6 Å². The van der Waals surface area contributed by atoms with Crippen LogP contribution in [0.4, 0.5) is 0 Å². The number of hydrogen-bond donors (Lipinski definition) is 1. The van der Waals surface area contributed by atoms with E-state index in [4.69, 9.17) is 0 Å². The fourth-order valence-electron chi connectivity index (χ4n) is 4.93. The van der Waals surface area contributed by atoms with E-state index in [0.717, 1.165) is 43.1 Å². The molecule has 2 aliphatic heterocycles. The fraction of sp³-hybridized carbons (Fsp3) is 0.524. The van der Waals surface area contributed by atoms with Crippen LogP contribution in [0.2, 0.25) is 0 Å². The van der Waals surface area contributed by atoms with Gasteiger partial charge in [0.05, 0.1) is 16.8 Å². The minimum Gasteiger partial charge on any atom is -0.481 e. The molecule has 2 aliphatic rings. The lowest BCUT2D eigenvalue weighted by Gasteiger charge is -2.39. The predicted octanol–water partition coefficient (Wildman–Crippen LogP) is 2.33. The number of carboxylic acids is 1. The minimum atomic E-state index is -0.641. The fourth-order valence-corrected chi connectivity index (χ4v) is 4.93. The molecule has 4 rings (SSSR count). The highest BCUT2D eigenvalue weighted by Gasteiger charge is 2.54. The molecule has 6 nitrogen and oxygen atoms in total. The Morgan fingerprint density at radius 2 is 2.11 bits per heavy atom. The van der Waals surface area contributed by atoms with Crippen molar-refractivity contribution in [1.82, 2.24) is 19.6 Å². The SMILES string of the molecule is Cc1cc(C)n(-c2cccc(CN3C[C@@H]4CCN(C)C[C@]4(C(=O)O)C3)c2)n1. The van der Waals surface area contributed by atoms with Gasteiger partial charge in [-0.3, -0.25) is 9.69 Å².